The van der Waals surface area contributed by atoms with Gasteiger partial charge in [0.15, 0.2) is 5.69 Å². The number of benzene rings is 1. The highest BCUT2D eigenvalue weighted by molar-refractivity contribution is 7.03. The summed E-state index contributed by atoms with van der Waals surface area (Å²) in [5, 5.41) is 8.34. The lowest BCUT2D eigenvalue weighted by Crippen LogP contribution is -2.49. The number of rotatable bonds is 6. The number of amides is 2. The number of carbonyl (C=O) groups excluding carboxylic acids is 2. The van der Waals surface area contributed by atoms with Gasteiger partial charge in [0.1, 0.15) is 11.9 Å². The molecule has 0 radical (unpaired) electrons. The van der Waals surface area contributed by atoms with Crippen molar-refractivity contribution in [2.75, 3.05) is 0 Å². The molecule has 2 aromatic heterocycles. The summed E-state index contributed by atoms with van der Waals surface area (Å²) < 4.78 is 17.1. The van der Waals surface area contributed by atoms with Gasteiger partial charge in [-0.05, 0) is 56.1 Å². The summed E-state index contributed by atoms with van der Waals surface area (Å²) >= 11 is 1.05. The molecule has 0 bridgehead atoms. The first-order valence-electron chi connectivity index (χ1n) is 9.29. The van der Waals surface area contributed by atoms with Gasteiger partial charge in [0.05, 0.1) is 0 Å². The van der Waals surface area contributed by atoms with E-state index in [9.17, 15) is 14.0 Å². The van der Waals surface area contributed by atoms with Crippen molar-refractivity contribution >= 4 is 23.3 Å². The van der Waals surface area contributed by atoms with Crippen molar-refractivity contribution in [3.8, 4) is 0 Å². The average molecular weight is 428 g/mol. The molecule has 0 aliphatic heterocycles. The monoisotopic (exact) mass is 427 g/mol. The average Bonchev–Trinajstić information content (AvgIpc) is 3.23. The molecule has 1 atom stereocenters. The summed E-state index contributed by atoms with van der Waals surface area (Å²) in [5.41, 5.74) is 0.854. The molecule has 0 fully saturated rings. The molecular formula is C21H22FN5O2S. The van der Waals surface area contributed by atoms with Crippen molar-refractivity contribution in [2.24, 2.45) is 0 Å². The highest BCUT2D eigenvalue weighted by Crippen LogP contribution is 2.26. The van der Waals surface area contributed by atoms with E-state index in [1.54, 1.807) is 36.7 Å². The minimum Gasteiger partial charge on any atom is -0.349 e. The summed E-state index contributed by atoms with van der Waals surface area (Å²) in [5.74, 6) is -1.19. The summed E-state index contributed by atoms with van der Waals surface area (Å²) in [7, 11) is 0. The SMILES string of the molecule is CC(C)(C)NC(=O)C(c1cccnc1)N(Cc1ccc(F)cc1)C(=O)c1csnn1. The first-order chi connectivity index (χ1) is 14.2. The fourth-order valence-corrected chi connectivity index (χ4v) is 3.35. The Hall–Kier alpha value is -3.20. The standard InChI is InChI=1S/C21H22FN5O2S/c1-21(2,3)24-19(28)18(15-5-4-10-23-11-15)27(20(29)17-13-30-26-25-17)12-14-6-8-16(22)9-7-14/h4-11,13,18H,12H2,1-3H3,(H,24,28). The van der Waals surface area contributed by atoms with E-state index in [0.29, 0.717) is 11.1 Å². The molecule has 156 valence electrons. The van der Waals surface area contributed by atoms with Crippen LogP contribution in [0.25, 0.3) is 0 Å². The van der Waals surface area contributed by atoms with E-state index in [0.717, 1.165) is 11.5 Å². The zero-order valence-corrected chi connectivity index (χ0v) is 17.7. The fraction of sp³-hybridized carbons (Fsp3) is 0.286. The topological polar surface area (TPSA) is 88.1 Å². The molecule has 1 unspecified atom stereocenters. The summed E-state index contributed by atoms with van der Waals surface area (Å²) in [6, 6.07) is 8.28. The number of aromatic nitrogens is 3. The minimum atomic E-state index is -0.961. The van der Waals surface area contributed by atoms with Crippen molar-refractivity contribution in [3.63, 3.8) is 0 Å². The second-order valence-electron chi connectivity index (χ2n) is 7.78. The van der Waals surface area contributed by atoms with Gasteiger partial charge in [-0.1, -0.05) is 22.7 Å². The maximum atomic E-state index is 13.4. The zero-order chi connectivity index (χ0) is 21.7. The molecule has 3 aromatic rings. The third-order valence-electron chi connectivity index (χ3n) is 4.16. The summed E-state index contributed by atoms with van der Waals surface area (Å²) in [6.07, 6.45) is 3.15. The van der Waals surface area contributed by atoms with E-state index in [1.807, 2.05) is 20.8 Å². The predicted octanol–water partition coefficient (Wildman–Crippen LogP) is 3.37. The van der Waals surface area contributed by atoms with Crippen LogP contribution in [-0.4, -0.2) is 36.8 Å². The Morgan fingerprint density at radius 2 is 1.93 bits per heavy atom. The van der Waals surface area contributed by atoms with Crippen LogP contribution < -0.4 is 5.32 Å². The summed E-state index contributed by atoms with van der Waals surface area (Å²) in [4.78, 5) is 32.1. The second kappa shape index (κ2) is 9.08. The van der Waals surface area contributed by atoms with E-state index in [2.05, 4.69) is 19.9 Å². The molecule has 7 nitrogen and oxygen atoms in total. The second-order valence-corrected chi connectivity index (χ2v) is 8.39. The maximum absolute atomic E-state index is 13.4. The van der Waals surface area contributed by atoms with Gasteiger partial charge in [-0.3, -0.25) is 14.6 Å². The number of hydrogen-bond donors (Lipinski definition) is 1. The first-order valence-corrected chi connectivity index (χ1v) is 10.1. The lowest BCUT2D eigenvalue weighted by molar-refractivity contribution is -0.127. The number of halogens is 1. The summed E-state index contributed by atoms with van der Waals surface area (Å²) in [6.45, 7) is 5.67. The van der Waals surface area contributed by atoms with Crippen molar-refractivity contribution in [1.29, 1.82) is 0 Å². The number of carbonyl (C=O) groups is 2. The van der Waals surface area contributed by atoms with Crippen LogP contribution in [-0.2, 0) is 11.3 Å². The molecule has 0 saturated carbocycles. The molecule has 1 N–H and O–H groups in total. The van der Waals surface area contributed by atoms with E-state index >= 15 is 0 Å². The van der Waals surface area contributed by atoms with Crippen LogP contribution in [0.2, 0.25) is 0 Å². The molecule has 2 heterocycles. The highest BCUT2D eigenvalue weighted by atomic mass is 32.1. The van der Waals surface area contributed by atoms with Crippen molar-refractivity contribution in [1.82, 2.24) is 24.8 Å². The van der Waals surface area contributed by atoms with Crippen LogP contribution >= 0.6 is 11.5 Å². The van der Waals surface area contributed by atoms with Crippen LogP contribution in [0.15, 0.2) is 54.2 Å². The number of hydrogen-bond acceptors (Lipinski definition) is 6. The van der Waals surface area contributed by atoms with Gasteiger partial charge in [-0.15, -0.1) is 5.10 Å². The molecular weight excluding hydrogens is 405 g/mol. The van der Waals surface area contributed by atoms with Gasteiger partial charge in [-0.25, -0.2) is 4.39 Å². The fourth-order valence-electron chi connectivity index (χ4n) is 2.92. The van der Waals surface area contributed by atoms with Gasteiger partial charge in [0.25, 0.3) is 5.91 Å². The number of nitrogens with one attached hydrogen (secondary N) is 1. The molecule has 30 heavy (non-hydrogen) atoms. The van der Waals surface area contributed by atoms with E-state index < -0.39 is 17.5 Å². The van der Waals surface area contributed by atoms with E-state index in [4.69, 9.17) is 0 Å². The number of pyridine rings is 1. The Morgan fingerprint density at radius 1 is 1.20 bits per heavy atom. The van der Waals surface area contributed by atoms with E-state index in [1.165, 1.54) is 22.4 Å². The van der Waals surface area contributed by atoms with Crippen LogP contribution in [0, 0.1) is 5.82 Å². The highest BCUT2D eigenvalue weighted by Gasteiger charge is 2.34. The molecule has 0 aliphatic rings. The van der Waals surface area contributed by atoms with Gasteiger partial charge in [0.2, 0.25) is 5.91 Å². The smallest absolute Gasteiger partial charge is 0.276 e. The molecule has 0 saturated heterocycles. The first kappa shape index (κ1) is 21.5. The lowest BCUT2D eigenvalue weighted by Gasteiger charge is -2.33. The van der Waals surface area contributed by atoms with Crippen LogP contribution in [0.4, 0.5) is 4.39 Å². The molecule has 0 spiro atoms. The Labute approximate surface area is 178 Å². The molecule has 9 heteroatoms. The number of nitrogens with zero attached hydrogens (tertiary/aromatic N) is 4. The Bertz CT molecular complexity index is 988. The van der Waals surface area contributed by atoms with Crippen molar-refractivity contribution in [3.05, 3.63) is 76.8 Å². The minimum absolute atomic E-state index is 0.0771. The largest absolute Gasteiger partial charge is 0.349 e. The Kier molecular flexibility index (Phi) is 6.51. The molecule has 0 aliphatic carbocycles. The quantitative estimate of drug-likeness (QED) is 0.652. The Balaban J connectivity index is 2.06. The Morgan fingerprint density at radius 3 is 2.50 bits per heavy atom. The van der Waals surface area contributed by atoms with Crippen LogP contribution in [0.3, 0.4) is 0 Å². The lowest BCUT2D eigenvalue weighted by atomic mass is 10.0. The molecule has 3 rings (SSSR count). The van der Waals surface area contributed by atoms with Gasteiger partial charge in [-0.2, -0.15) is 0 Å². The maximum Gasteiger partial charge on any atom is 0.276 e. The molecule has 2 amide bonds. The van der Waals surface area contributed by atoms with E-state index in [-0.39, 0.29) is 24.0 Å². The molecule has 1 aromatic carbocycles. The van der Waals surface area contributed by atoms with Crippen molar-refractivity contribution in [2.45, 2.75) is 38.9 Å². The normalized spacial score (nSPS) is 12.3. The van der Waals surface area contributed by atoms with Gasteiger partial charge < -0.3 is 10.2 Å². The third-order valence-corrected chi connectivity index (χ3v) is 4.67. The van der Waals surface area contributed by atoms with Crippen molar-refractivity contribution < 1.29 is 14.0 Å². The van der Waals surface area contributed by atoms with Crippen LogP contribution in [0.5, 0.6) is 0 Å². The van der Waals surface area contributed by atoms with Gasteiger partial charge in [0, 0.05) is 35.4 Å². The van der Waals surface area contributed by atoms with Gasteiger partial charge >= 0.3 is 0 Å². The predicted molar refractivity (Wildman–Crippen MR) is 111 cm³/mol. The third kappa shape index (κ3) is 5.44. The zero-order valence-electron chi connectivity index (χ0n) is 16.9. The van der Waals surface area contributed by atoms with Crippen LogP contribution in [0.1, 0.15) is 48.4 Å².